The second-order valence-corrected chi connectivity index (χ2v) is 9.59. The van der Waals surface area contributed by atoms with Crippen LogP contribution in [0.1, 0.15) is 53.0 Å². The Morgan fingerprint density at radius 1 is 1.17 bits per heavy atom. The Morgan fingerprint density at radius 3 is 2.78 bits per heavy atom. The van der Waals surface area contributed by atoms with Gasteiger partial charge in [-0.25, -0.2) is 15.0 Å². The van der Waals surface area contributed by atoms with E-state index in [1.165, 1.54) is 0 Å². The maximum atomic E-state index is 13.4. The van der Waals surface area contributed by atoms with Gasteiger partial charge >= 0.3 is 0 Å². The van der Waals surface area contributed by atoms with E-state index in [-0.39, 0.29) is 12.0 Å². The van der Waals surface area contributed by atoms with Crippen molar-refractivity contribution in [2.45, 2.75) is 45.3 Å². The Bertz CT molecular complexity index is 1400. The van der Waals surface area contributed by atoms with Crippen LogP contribution in [0.25, 0.3) is 16.9 Å². The van der Waals surface area contributed by atoms with Gasteiger partial charge in [0.05, 0.1) is 29.4 Å². The Hall–Kier alpha value is -3.85. The summed E-state index contributed by atoms with van der Waals surface area (Å²) in [6.45, 7) is 6.74. The second-order valence-electron chi connectivity index (χ2n) is 9.59. The molecule has 4 aromatic heterocycles. The van der Waals surface area contributed by atoms with Crippen molar-refractivity contribution in [3.05, 3.63) is 71.3 Å². The van der Waals surface area contributed by atoms with Crippen molar-refractivity contribution in [3.63, 3.8) is 0 Å². The summed E-state index contributed by atoms with van der Waals surface area (Å²) in [6, 6.07) is 11.6. The fourth-order valence-electron chi connectivity index (χ4n) is 4.73. The van der Waals surface area contributed by atoms with E-state index in [2.05, 4.69) is 32.2 Å². The van der Waals surface area contributed by atoms with E-state index in [1.807, 2.05) is 49.5 Å². The molecule has 1 unspecified atom stereocenters. The molecule has 1 saturated heterocycles. The molecule has 4 aromatic rings. The number of nitrogens with zero attached hydrogens (tertiary/aromatic N) is 6. The number of aromatic nitrogens is 5. The monoisotopic (exact) mass is 483 g/mol. The molecular formula is C27H29N7O2. The van der Waals surface area contributed by atoms with E-state index >= 15 is 0 Å². The number of pyridine rings is 3. The second kappa shape index (κ2) is 9.31. The van der Waals surface area contributed by atoms with Crippen LogP contribution in [0.15, 0.2) is 48.8 Å². The molecule has 1 amide bonds. The Morgan fingerprint density at radius 2 is 2.06 bits per heavy atom. The van der Waals surface area contributed by atoms with E-state index in [0.29, 0.717) is 36.1 Å². The smallest absolute Gasteiger partial charge is 0.252 e. The van der Waals surface area contributed by atoms with Gasteiger partial charge in [0.25, 0.3) is 5.91 Å². The molecular weight excluding hydrogens is 454 g/mol. The predicted octanol–water partition coefficient (Wildman–Crippen LogP) is 3.55. The molecule has 1 atom stereocenters. The number of rotatable bonds is 6. The molecule has 5 heterocycles. The highest BCUT2D eigenvalue weighted by Gasteiger charge is 2.29. The normalized spacial score (nSPS) is 17.9. The largest absolute Gasteiger partial charge is 0.375 e. The third kappa shape index (κ3) is 4.42. The molecule has 1 aliphatic heterocycles. The van der Waals surface area contributed by atoms with Crippen molar-refractivity contribution in [2.75, 3.05) is 24.6 Å². The lowest BCUT2D eigenvalue weighted by atomic mass is 10.1. The van der Waals surface area contributed by atoms with Crippen molar-refractivity contribution < 1.29 is 9.53 Å². The van der Waals surface area contributed by atoms with E-state index in [9.17, 15) is 4.79 Å². The molecule has 1 aliphatic carbocycles. The SMILES string of the molecule is Cc1nn(-c2ccccn2)c2nc(C3CC3)cc(C(=O)NCc3ccc(N4CCOC(C)C4)nc3)c12. The molecule has 36 heavy (non-hydrogen) atoms. The molecule has 1 saturated carbocycles. The zero-order chi connectivity index (χ0) is 24.6. The van der Waals surface area contributed by atoms with Crippen LogP contribution < -0.4 is 10.2 Å². The highest BCUT2D eigenvalue weighted by molar-refractivity contribution is 6.06. The topological polar surface area (TPSA) is 98.1 Å². The van der Waals surface area contributed by atoms with Crippen LogP contribution in [0.2, 0.25) is 0 Å². The third-order valence-electron chi connectivity index (χ3n) is 6.77. The Balaban J connectivity index is 1.25. The number of nitrogens with one attached hydrogen (secondary N) is 1. The zero-order valence-electron chi connectivity index (χ0n) is 20.5. The van der Waals surface area contributed by atoms with E-state index < -0.39 is 0 Å². The van der Waals surface area contributed by atoms with Gasteiger partial charge in [0.15, 0.2) is 11.5 Å². The maximum Gasteiger partial charge on any atom is 0.252 e. The minimum absolute atomic E-state index is 0.140. The number of hydrogen-bond acceptors (Lipinski definition) is 7. The number of fused-ring (bicyclic) bond motifs is 1. The van der Waals surface area contributed by atoms with Gasteiger partial charge in [0, 0.05) is 43.6 Å². The molecule has 9 nitrogen and oxygen atoms in total. The molecule has 9 heteroatoms. The van der Waals surface area contributed by atoms with E-state index in [4.69, 9.17) is 9.72 Å². The van der Waals surface area contributed by atoms with Gasteiger partial charge in [-0.3, -0.25) is 4.79 Å². The summed E-state index contributed by atoms with van der Waals surface area (Å²) < 4.78 is 7.36. The zero-order valence-corrected chi connectivity index (χ0v) is 20.5. The van der Waals surface area contributed by atoms with Gasteiger partial charge < -0.3 is 15.0 Å². The Kier molecular flexibility index (Phi) is 5.85. The quantitative estimate of drug-likeness (QED) is 0.448. The van der Waals surface area contributed by atoms with Crippen LogP contribution in [0.5, 0.6) is 0 Å². The molecule has 184 valence electrons. The Labute approximate surface area is 209 Å². The van der Waals surface area contributed by atoms with Gasteiger partial charge in [-0.15, -0.1) is 0 Å². The van der Waals surface area contributed by atoms with Gasteiger partial charge in [-0.1, -0.05) is 12.1 Å². The van der Waals surface area contributed by atoms with Crippen molar-refractivity contribution in [2.24, 2.45) is 0 Å². The number of anilines is 1. The summed E-state index contributed by atoms with van der Waals surface area (Å²) >= 11 is 0. The first kappa shape index (κ1) is 22.6. The average molecular weight is 484 g/mol. The highest BCUT2D eigenvalue weighted by Crippen LogP contribution is 2.40. The first-order valence-corrected chi connectivity index (χ1v) is 12.5. The first-order chi connectivity index (χ1) is 17.6. The molecule has 2 fully saturated rings. The standard InChI is InChI=1S/C27H29N7O2/c1-17-16-33(11-12-36-17)23-9-6-19(14-29-23)15-30-27(35)21-13-22(20-7-8-20)31-26-25(21)18(2)32-34(26)24-5-3-4-10-28-24/h3-6,9-10,13-14,17,20H,7-8,11-12,15-16H2,1-2H3,(H,30,35). The van der Waals surface area contributed by atoms with E-state index in [1.54, 1.807) is 10.9 Å². The van der Waals surface area contributed by atoms with Crippen LogP contribution in [0, 0.1) is 6.92 Å². The van der Waals surface area contributed by atoms with Crippen LogP contribution in [-0.2, 0) is 11.3 Å². The molecule has 2 aliphatic rings. The van der Waals surface area contributed by atoms with E-state index in [0.717, 1.165) is 54.1 Å². The van der Waals surface area contributed by atoms with Crippen LogP contribution in [0.3, 0.4) is 0 Å². The fraction of sp³-hybridized carbons (Fsp3) is 0.370. The molecule has 1 N–H and O–H groups in total. The molecule has 0 radical (unpaired) electrons. The average Bonchev–Trinajstić information content (AvgIpc) is 3.71. The van der Waals surface area contributed by atoms with Gasteiger partial charge in [0.2, 0.25) is 0 Å². The van der Waals surface area contributed by atoms with Crippen LogP contribution in [-0.4, -0.2) is 56.4 Å². The lowest BCUT2D eigenvalue weighted by Crippen LogP contribution is -2.41. The van der Waals surface area contributed by atoms with Crippen molar-refractivity contribution in [3.8, 4) is 5.82 Å². The first-order valence-electron chi connectivity index (χ1n) is 12.5. The molecule has 0 spiro atoms. The number of carbonyl (C=O) groups excluding carboxylic acids is 1. The molecule has 0 aromatic carbocycles. The highest BCUT2D eigenvalue weighted by atomic mass is 16.5. The number of ether oxygens (including phenoxy) is 1. The summed E-state index contributed by atoms with van der Waals surface area (Å²) in [6.07, 6.45) is 5.95. The summed E-state index contributed by atoms with van der Waals surface area (Å²) in [5.74, 6) is 1.87. The summed E-state index contributed by atoms with van der Waals surface area (Å²) in [5.41, 5.74) is 3.92. The van der Waals surface area contributed by atoms with Gasteiger partial charge in [0.1, 0.15) is 5.82 Å². The number of amides is 1. The third-order valence-corrected chi connectivity index (χ3v) is 6.77. The molecule has 0 bridgehead atoms. The van der Waals surface area contributed by atoms with Crippen LogP contribution in [0.4, 0.5) is 5.82 Å². The van der Waals surface area contributed by atoms with Gasteiger partial charge in [-0.2, -0.15) is 9.78 Å². The van der Waals surface area contributed by atoms with Crippen molar-refractivity contribution in [1.29, 1.82) is 0 Å². The lowest BCUT2D eigenvalue weighted by Gasteiger charge is -2.32. The van der Waals surface area contributed by atoms with Crippen molar-refractivity contribution in [1.82, 2.24) is 30.0 Å². The fourth-order valence-corrected chi connectivity index (χ4v) is 4.73. The minimum Gasteiger partial charge on any atom is -0.375 e. The van der Waals surface area contributed by atoms with Crippen molar-refractivity contribution >= 4 is 22.8 Å². The summed E-state index contributed by atoms with van der Waals surface area (Å²) in [4.78, 5) is 29.6. The summed E-state index contributed by atoms with van der Waals surface area (Å²) in [7, 11) is 0. The number of morpholine rings is 1. The van der Waals surface area contributed by atoms with Gasteiger partial charge in [-0.05, 0) is 56.5 Å². The van der Waals surface area contributed by atoms with Crippen LogP contribution >= 0.6 is 0 Å². The summed E-state index contributed by atoms with van der Waals surface area (Å²) in [5, 5.41) is 8.53. The lowest BCUT2D eigenvalue weighted by molar-refractivity contribution is 0.0529. The molecule has 6 rings (SSSR count). The predicted molar refractivity (Wildman–Crippen MR) is 136 cm³/mol. The number of hydrogen-bond donors (Lipinski definition) is 1. The maximum absolute atomic E-state index is 13.4. The number of carbonyl (C=O) groups is 1. The number of aryl methyl sites for hydroxylation is 1. The minimum atomic E-state index is -0.140.